The maximum Gasteiger partial charge on any atom is 0.191 e. The standard InChI is InChI=1S/C22H25FN6.HI/c1-3-25-22(27-15-18-13-17(14-24)9-10-19(18)23)26-11-6-12-29-16(2)28-20-7-4-5-8-21(20)29;/h4-5,7-10,13H,3,6,11-12,15H2,1-2H3,(H2,25,26,27);1H. The number of rotatable bonds is 7. The van der Waals surface area contributed by atoms with E-state index in [2.05, 4.69) is 31.2 Å². The number of aryl methyl sites for hydroxylation is 2. The van der Waals surface area contributed by atoms with Gasteiger partial charge in [0.05, 0.1) is 29.2 Å². The summed E-state index contributed by atoms with van der Waals surface area (Å²) in [6, 6.07) is 14.5. The second-order valence-electron chi connectivity index (χ2n) is 6.69. The lowest BCUT2D eigenvalue weighted by Gasteiger charge is -2.12. The van der Waals surface area contributed by atoms with Crippen molar-refractivity contribution in [2.24, 2.45) is 4.99 Å². The van der Waals surface area contributed by atoms with E-state index in [9.17, 15) is 4.39 Å². The second kappa shape index (κ2) is 11.5. The van der Waals surface area contributed by atoms with Crippen LogP contribution < -0.4 is 10.6 Å². The van der Waals surface area contributed by atoms with E-state index in [1.54, 1.807) is 0 Å². The number of benzene rings is 2. The van der Waals surface area contributed by atoms with Gasteiger partial charge in [-0.05, 0) is 50.6 Å². The van der Waals surface area contributed by atoms with E-state index in [0.717, 1.165) is 36.4 Å². The van der Waals surface area contributed by atoms with Gasteiger partial charge >= 0.3 is 0 Å². The maximum absolute atomic E-state index is 13.9. The number of halogens is 2. The molecule has 158 valence electrons. The first kappa shape index (κ1) is 23.6. The number of guanidine groups is 1. The van der Waals surface area contributed by atoms with Crippen LogP contribution >= 0.6 is 24.0 Å². The summed E-state index contributed by atoms with van der Waals surface area (Å²) >= 11 is 0. The Hall–Kier alpha value is -2.67. The Labute approximate surface area is 193 Å². The van der Waals surface area contributed by atoms with Crippen molar-refractivity contribution in [3.8, 4) is 6.07 Å². The molecule has 0 spiro atoms. The summed E-state index contributed by atoms with van der Waals surface area (Å²) in [7, 11) is 0. The largest absolute Gasteiger partial charge is 0.357 e. The third-order valence-corrected chi connectivity index (χ3v) is 4.62. The lowest BCUT2D eigenvalue weighted by Crippen LogP contribution is -2.38. The summed E-state index contributed by atoms with van der Waals surface area (Å²) < 4.78 is 16.2. The average molecular weight is 520 g/mol. The quantitative estimate of drug-likeness (QED) is 0.213. The van der Waals surface area contributed by atoms with Gasteiger partial charge in [0.1, 0.15) is 11.6 Å². The van der Waals surface area contributed by atoms with Crippen molar-refractivity contribution < 1.29 is 4.39 Å². The van der Waals surface area contributed by atoms with Gasteiger partial charge < -0.3 is 15.2 Å². The van der Waals surface area contributed by atoms with E-state index < -0.39 is 0 Å². The van der Waals surface area contributed by atoms with Gasteiger partial charge in [-0.2, -0.15) is 5.26 Å². The normalized spacial score (nSPS) is 11.1. The zero-order valence-electron chi connectivity index (χ0n) is 17.2. The van der Waals surface area contributed by atoms with Crippen molar-refractivity contribution in [2.75, 3.05) is 13.1 Å². The van der Waals surface area contributed by atoms with Crippen LogP contribution in [-0.4, -0.2) is 28.6 Å². The van der Waals surface area contributed by atoms with Crippen molar-refractivity contribution in [1.29, 1.82) is 5.26 Å². The van der Waals surface area contributed by atoms with E-state index in [0.29, 0.717) is 23.6 Å². The predicted octanol–water partition coefficient (Wildman–Crippen LogP) is 4.12. The fourth-order valence-corrected chi connectivity index (χ4v) is 3.19. The molecule has 0 bridgehead atoms. The molecule has 2 N–H and O–H groups in total. The minimum atomic E-state index is -0.356. The van der Waals surface area contributed by atoms with Crippen molar-refractivity contribution in [3.63, 3.8) is 0 Å². The molecule has 0 aliphatic heterocycles. The van der Waals surface area contributed by atoms with Crippen molar-refractivity contribution in [2.45, 2.75) is 33.4 Å². The highest BCUT2D eigenvalue weighted by molar-refractivity contribution is 14.0. The third-order valence-electron chi connectivity index (χ3n) is 4.62. The van der Waals surface area contributed by atoms with E-state index >= 15 is 0 Å². The number of imidazole rings is 1. The minimum absolute atomic E-state index is 0. The number of hydrogen-bond acceptors (Lipinski definition) is 3. The van der Waals surface area contributed by atoms with Crippen LogP contribution in [0.1, 0.15) is 30.3 Å². The molecule has 0 aliphatic rings. The fraction of sp³-hybridized carbons (Fsp3) is 0.318. The zero-order valence-corrected chi connectivity index (χ0v) is 19.5. The topological polar surface area (TPSA) is 78.0 Å². The Bertz CT molecular complexity index is 1050. The molecular formula is C22H26FIN6. The average Bonchev–Trinajstić information content (AvgIpc) is 3.05. The lowest BCUT2D eigenvalue weighted by atomic mass is 10.1. The Morgan fingerprint density at radius 3 is 2.80 bits per heavy atom. The van der Waals surface area contributed by atoms with Gasteiger partial charge in [0.2, 0.25) is 0 Å². The van der Waals surface area contributed by atoms with Gasteiger partial charge in [-0.25, -0.2) is 14.4 Å². The maximum atomic E-state index is 13.9. The smallest absolute Gasteiger partial charge is 0.191 e. The fourth-order valence-electron chi connectivity index (χ4n) is 3.19. The number of aliphatic imine (C=N–C) groups is 1. The molecule has 0 amide bonds. The number of nitrogens with one attached hydrogen (secondary N) is 2. The van der Waals surface area contributed by atoms with E-state index in [4.69, 9.17) is 5.26 Å². The second-order valence-corrected chi connectivity index (χ2v) is 6.69. The van der Waals surface area contributed by atoms with Crippen LogP contribution in [0.2, 0.25) is 0 Å². The molecule has 0 unspecified atom stereocenters. The van der Waals surface area contributed by atoms with Crippen LogP contribution in [-0.2, 0) is 13.1 Å². The van der Waals surface area contributed by atoms with Crippen LogP contribution in [0.3, 0.4) is 0 Å². The van der Waals surface area contributed by atoms with E-state index in [-0.39, 0.29) is 36.3 Å². The summed E-state index contributed by atoms with van der Waals surface area (Å²) in [5.74, 6) is 1.27. The first-order valence-electron chi connectivity index (χ1n) is 9.75. The molecule has 0 saturated carbocycles. The number of nitrogens with zero attached hydrogens (tertiary/aromatic N) is 4. The van der Waals surface area contributed by atoms with Crippen molar-refractivity contribution in [1.82, 2.24) is 20.2 Å². The van der Waals surface area contributed by atoms with Gasteiger partial charge in [-0.1, -0.05) is 12.1 Å². The summed E-state index contributed by atoms with van der Waals surface area (Å²) in [5, 5.41) is 15.4. The van der Waals surface area contributed by atoms with Gasteiger partial charge in [-0.3, -0.25) is 0 Å². The highest BCUT2D eigenvalue weighted by Crippen LogP contribution is 2.15. The van der Waals surface area contributed by atoms with Gasteiger partial charge in [0.15, 0.2) is 5.96 Å². The first-order chi connectivity index (χ1) is 14.1. The van der Waals surface area contributed by atoms with Crippen LogP contribution in [0.5, 0.6) is 0 Å². The monoisotopic (exact) mass is 520 g/mol. The van der Waals surface area contributed by atoms with Gasteiger partial charge in [-0.15, -0.1) is 24.0 Å². The Morgan fingerprint density at radius 2 is 2.03 bits per heavy atom. The third kappa shape index (κ3) is 5.92. The molecule has 2 aromatic carbocycles. The van der Waals surface area contributed by atoms with Crippen LogP contribution in [0.15, 0.2) is 47.5 Å². The lowest BCUT2D eigenvalue weighted by molar-refractivity contribution is 0.608. The number of aromatic nitrogens is 2. The molecule has 3 aromatic rings. The number of para-hydroxylation sites is 2. The van der Waals surface area contributed by atoms with Gasteiger partial charge in [0, 0.05) is 25.2 Å². The Morgan fingerprint density at radius 1 is 1.23 bits per heavy atom. The van der Waals surface area contributed by atoms with E-state index in [1.807, 2.05) is 38.1 Å². The first-order valence-corrected chi connectivity index (χ1v) is 9.75. The van der Waals surface area contributed by atoms with Crippen molar-refractivity contribution >= 4 is 41.0 Å². The highest BCUT2D eigenvalue weighted by Gasteiger charge is 2.07. The Balaban J connectivity index is 0.00000320. The summed E-state index contributed by atoms with van der Waals surface area (Å²) in [5.41, 5.74) is 2.98. The molecule has 0 radical (unpaired) electrons. The molecule has 0 saturated heterocycles. The SMILES string of the molecule is CCNC(=NCc1cc(C#N)ccc1F)NCCCn1c(C)nc2ccccc21.I. The molecule has 6 nitrogen and oxygen atoms in total. The molecule has 1 aromatic heterocycles. The van der Waals surface area contributed by atoms with Crippen molar-refractivity contribution in [3.05, 3.63) is 65.2 Å². The minimum Gasteiger partial charge on any atom is -0.357 e. The molecule has 3 rings (SSSR count). The predicted molar refractivity (Wildman–Crippen MR) is 128 cm³/mol. The van der Waals surface area contributed by atoms with Gasteiger partial charge in [0.25, 0.3) is 0 Å². The molecular weight excluding hydrogens is 494 g/mol. The number of fused-ring (bicyclic) bond motifs is 1. The molecule has 0 fully saturated rings. The summed E-state index contributed by atoms with van der Waals surface area (Å²) in [6.45, 7) is 6.44. The summed E-state index contributed by atoms with van der Waals surface area (Å²) in [4.78, 5) is 9.04. The molecule has 0 atom stereocenters. The van der Waals surface area contributed by atoms with Crippen LogP contribution in [0.4, 0.5) is 4.39 Å². The number of nitriles is 1. The molecule has 30 heavy (non-hydrogen) atoms. The summed E-state index contributed by atoms with van der Waals surface area (Å²) in [6.07, 6.45) is 0.893. The highest BCUT2D eigenvalue weighted by atomic mass is 127. The van der Waals surface area contributed by atoms with Crippen LogP contribution in [0, 0.1) is 24.1 Å². The molecule has 0 aliphatic carbocycles. The zero-order chi connectivity index (χ0) is 20.6. The number of hydrogen-bond donors (Lipinski definition) is 2. The Kier molecular flexibility index (Phi) is 9.05. The molecule has 1 heterocycles. The van der Waals surface area contributed by atoms with Crippen LogP contribution in [0.25, 0.3) is 11.0 Å². The van der Waals surface area contributed by atoms with E-state index in [1.165, 1.54) is 18.2 Å². The molecule has 8 heteroatoms.